The van der Waals surface area contributed by atoms with Gasteiger partial charge >= 0.3 is 0 Å². The summed E-state index contributed by atoms with van der Waals surface area (Å²) in [6.07, 6.45) is 2.75. The Morgan fingerprint density at radius 3 is 2.67 bits per heavy atom. The molecule has 0 radical (unpaired) electrons. The van der Waals surface area contributed by atoms with Crippen LogP contribution in [0.25, 0.3) is 0 Å². The van der Waals surface area contributed by atoms with Gasteiger partial charge in [0, 0.05) is 12.6 Å². The lowest BCUT2D eigenvalue weighted by Crippen LogP contribution is -2.34. The maximum absolute atomic E-state index is 12.2. The first-order valence-corrected chi connectivity index (χ1v) is 9.00. The highest BCUT2D eigenvalue weighted by Crippen LogP contribution is 2.14. The Balaban J connectivity index is 1.90. The summed E-state index contributed by atoms with van der Waals surface area (Å²) in [5.74, 6) is 0. The fourth-order valence-electron chi connectivity index (χ4n) is 2.34. The van der Waals surface area contributed by atoms with Gasteiger partial charge in [-0.2, -0.15) is 0 Å². The van der Waals surface area contributed by atoms with Gasteiger partial charge in [-0.25, -0.2) is 13.1 Å². The number of nitrogens with one attached hydrogen (secondary N) is 2. The molecule has 1 aliphatic rings. The van der Waals surface area contributed by atoms with E-state index in [9.17, 15) is 8.42 Å². The maximum atomic E-state index is 12.2. The zero-order chi connectivity index (χ0) is 15.1. The van der Waals surface area contributed by atoms with Crippen molar-refractivity contribution in [2.75, 3.05) is 26.3 Å². The highest BCUT2D eigenvalue weighted by molar-refractivity contribution is 7.89. The molecule has 118 valence electrons. The highest BCUT2D eigenvalue weighted by Gasteiger charge is 2.23. The SMILES string of the molecule is CCNCCCc1ccc(S(=O)(=O)NC2CCOC2)cc1. The van der Waals surface area contributed by atoms with E-state index in [-0.39, 0.29) is 6.04 Å². The summed E-state index contributed by atoms with van der Waals surface area (Å²) in [5, 5.41) is 3.28. The van der Waals surface area contributed by atoms with E-state index in [1.54, 1.807) is 12.1 Å². The van der Waals surface area contributed by atoms with Crippen molar-refractivity contribution in [3.05, 3.63) is 29.8 Å². The molecule has 6 heteroatoms. The van der Waals surface area contributed by atoms with E-state index in [1.807, 2.05) is 12.1 Å². The molecule has 1 aromatic carbocycles. The van der Waals surface area contributed by atoms with Crippen molar-refractivity contribution in [1.29, 1.82) is 0 Å². The van der Waals surface area contributed by atoms with Gasteiger partial charge in [-0.15, -0.1) is 0 Å². The maximum Gasteiger partial charge on any atom is 0.240 e. The zero-order valence-corrected chi connectivity index (χ0v) is 13.3. The Bertz CT molecular complexity index is 522. The van der Waals surface area contributed by atoms with Crippen LogP contribution >= 0.6 is 0 Å². The molecule has 2 rings (SSSR count). The van der Waals surface area contributed by atoms with Crippen LogP contribution in [0.15, 0.2) is 29.2 Å². The van der Waals surface area contributed by atoms with Crippen LogP contribution in [0.4, 0.5) is 0 Å². The van der Waals surface area contributed by atoms with Gasteiger partial charge in [0.2, 0.25) is 10.0 Å². The van der Waals surface area contributed by atoms with Crippen LogP contribution in [0.2, 0.25) is 0 Å². The van der Waals surface area contributed by atoms with Crippen LogP contribution in [0.3, 0.4) is 0 Å². The molecule has 0 spiro atoms. The topological polar surface area (TPSA) is 67.4 Å². The quantitative estimate of drug-likeness (QED) is 0.710. The smallest absolute Gasteiger partial charge is 0.240 e. The fraction of sp³-hybridized carbons (Fsp3) is 0.600. The Hall–Kier alpha value is -0.950. The lowest BCUT2D eigenvalue weighted by atomic mass is 10.1. The van der Waals surface area contributed by atoms with E-state index in [4.69, 9.17) is 4.74 Å². The number of ether oxygens (including phenoxy) is 1. The van der Waals surface area contributed by atoms with Crippen LogP contribution in [0.5, 0.6) is 0 Å². The van der Waals surface area contributed by atoms with Crippen LogP contribution < -0.4 is 10.0 Å². The van der Waals surface area contributed by atoms with Crippen LogP contribution in [0, 0.1) is 0 Å². The molecule has 1 atom stereocenters. The van der Waals surface area contributed by atoms with Crippen LogP contribution in [0.1, 0.15) is 25.3 Å². The number of aryl methyl sites for hydroxylation is 1. The molecule has 1 aromatic rings. The molecule has 1 saturated heterocycles. The molecule has 0 saturated carbocycles. The van der Waals surface area contributed by atoms with Crippen molar-refractivity contribution in [1.82, 2.24) is 10.0 Å². The number of rotatable bonds is 8. The van der Waals surface area contributed by atoms with Crippen LogP contribution in [-0.4, -0.2) is 40.8 Å². The summed E-state index contributed by atoms with van der Waals surface area (Å²) in [4.78, 5) is 0.324. The van der Waals surface area contributed by atoms with Gasteiger partial charge < -0.3 is 10.1 Å². The molecule has 1 unspecified atom stereocenters. The summed E-state index contributed by atoms with van der Waals surface area (Å²) < 4.78 is 32.3. The number of hydrogen-bond donors (Lipinski definition) is 2. The molecule has 0 aromatic heterocycles. The summed E-state index contributed by atoms with van der Waals surface area (Å²) >= 11 is 0. The summed E-state index contributed by atoms with van der Waals surface area (Å²) in [6, 6.07) is 7.05. The number of hydrogen-bond acceptors (Lipinski definition) is 4. The first-order valence-electron chi connectivity index (χ1n) is 7.51. The second kappa shape index (κ2) is 7.89. The highest BCUT2D eigenvalue weighted by atomic mass is 32.2. The molecule has 5 nitrogen and oxygen atoms in total. The second-order valence-corrected chi connectivity index (χ2v) is 7.00. The van der Waals surface area contributed by atoms with Crippen molar-refractivity contribution < 1.29 is 13.2 Å². The lowest BCUT2D eigenvalue weighted by Gasteiger charge is -2.11. The monoisotopic (exact) mass is 312 g/mol. The van der Waals surface area contributed by atoms with E-state index < -0.39 is 10.0 Å². The molecule has 1 heterocycles. The van der Waals surface area contributed by atoms with Crippen molar-refractivity contribution >= 4 is 10.0 Å². The molecule has 0 bridgehead atoms. The third-order valence-electron chi connectivity index (χ3n) is 3.55. The largest absolute Gasteiger partial charge is 0.380 e. The molecule has 0 amide bonds. The first-order chi connectivity index (χ1) is 10.1. The normalized spacial score (nSPS) is 19.0. The van der Waals surface area contributed by atoms with Crippen molar-refractivity contribution in [2.24, 2.45) is 0 Å². The molecule has 0 aliphatic carbocycles. The molecular formula is C15H24N2O3S. The Labute approximate surface area is 127 Å². The van der Waals surface area contributed by atoms with E-state index >= 15 is 0 Å². The average molecular weight is 312 g/mol. The average Bonchev–Trinajstić information content (AvgIpc) is 2.96. The Kier molecular flexibility index (Phi) is 6.17. The molecule has 2 N–H and O–H groups in total. The van der Waals surface area contributed by atoms with Gasteiger partial charge in [-0.05, 0) is 50.0 Å². The van der Waals surface area contributed by atoms with E-state index in [0.717, 1.165) is 37.9 Å². The van der Waals surface area contributed by atoms with E-state index in [1.165, 1.54) is 0 Å². The van der Waals surface area contributed by atoms with Crippen molar-refractivity contribution in [3.8, 4) is 0 Å². The van der Waals surface area contributed by atoms with Crippen LogP contribution in [-0.2, 0) is 21.2 Å². The van der Waals surface area contributed by atoms with Gasteiger partial charge in [-0.1, -0.05) is 19.1 Å². The van der Waals surface area contributed by atoms with Gasteiger partial charge in [0.05, 0.1) is 11.5 Å². The minimum absolute atomic E-state index is 0.102. The van der Waals surface area contributed by atoms with E-state index in [2.05, 4.69) is 17.0 Å². The van der Waals surface area contributed by atoms with E-state index in [0.29, 0.717) is 18.1 Å². The fourth-order valence-corrected chi connectivity index (χ4v) is 3.60. The zero-order valence-electron chi connectivity index (χ0n) is 12.5. The summed E-state index contributed by atoms with van der Waals surface area (Å²) in [7, 11) is -3.43. The lowest BCUT2D eigenvalue weighted by molar-refractivity contribution is 0.192. The minimum Gasteiger partial charge on any atom is -0.380 e. The first kappa shape index (κ1) is 16.4. The number of benzene rings is 1. The molecule has 1 fully saturated rings. The predicted octanol–water partition coefficient (Wildman–Crippen LogP) is 1.30. The standard InChI is InChI=1S/C15H24N2O3S/c1-2-16-10-3-4-13-5-7-15(8-6-13)21(18,19)17-14-9-11-20-12-14/h5-8,14,16-17H,2-4,9-12H2,1H3. The van der Waals surface area contributed by atoms with Gasteiger partial charge in [0.1, 0.15) is 0 Å². The molecule has 1 aliphatic heterocycles. The Morgan fingerprint density at radius 1 is 1.29 bits per heavy atom. The Morgan fingerprint density at radius 2 is 2.05 bits per heavy atom. The molecular weight excluding hydrogens is 288 g/mol. The van der Waals surface area contributed by atoms with Crippen molar-refractivity contribution in [2.45, 2.75) is 37.1 Å². The third-order valence-corrected chi connectivity index (χ3v) is 5.09. The predicted molar refractivity (Wildman–Crippen MR) is 82.9 cm³/mol. The number of sulfonamides is 1. The summed E-state index contributed by atoms with van der Waals surface area (Å²) in [5.41, 5.74) is 1.16. The molecule has 21 heavy (non-hydrogen) atoms. The van der Waals surface area contributed by atoms with Gasteiger partial charge in [0.15, 0.2) is 0 Å². The minimum atomic E-state index is -3.43. The second-order valence-electron chi connectivity index (χ2n) is 5.28. The van der Waals surface area contributed by atoms with Gasteiger partial charge in [0.25, 0.3) is 0 Å². The van der Waals surface area contributed by atoms with Gasteiger partial charge in [-0.3, -0.25) is 0 Å². The van der Waals surface area contributed by atoms with Crippen molar-refractivity contribution in [3.63, 3.8) is 0 Å². The summed E-state index contributed by atoms with van der Waals surface area (Å²) in [6.45, 7) is 5.13. The third kappa shape index (κ3) is 5.07.